The fraction of sp³-hybridized carbons (Fsp3) is 0.786. The Labute approximate surface area is 126 Å². The van der Waals surface area contributed by atoms with Gasteiger partial charge in [-0.2, -0.15) is 0 Å². The predicted molar refractivity (Wildman–Crippen MR) is 80.0 cm³/mol. The number of rotatable bonds is 8. The minimum Gasteiger partial charge on any atom is -0.480 e. The van der Waals surface area contributed by atoms with Gasteiger partial charge in [-0.25, -0.2) is 4.79 Å². The van der Waals surface area contributed by atoms with Gasteiger partial charge in [0.2, 0.25) is 5.91 Å². The molecule has 3 amide bonds. The number of carbonyl (C=O) groups is 3. The molecular formula is C14H27N3O4. The molecule has 1 N–H and O–H groups in total. The average molecular weight is 301 g/mol. The zero-order chi connectivity index (χ0) is 16.6. The lowest BCUT2D eigenvalue weighted by Crippen LogP contribution is -2.51. The second-order valence-corrected chi connectivity index (χ2v) is 5.27. The molecule has 0 bridgehead atoms. The molecule has 0 radical (unpaired) electrons. The van der Waals surface area contributed by atoms with Crippen LogP contribution in [0.25, 0.3) is 0 Å². The van der Waals surface area contributed by atoms with E-state index in [1.165, 1.54) is 14.7 Å². The van der Waals surface area contributed by atoms with Crippen molar-refractivity contribution in [3.63, 3.8) is 0 Å². The molecule has 0 aromatic rings. The lowest BCUT2D eigenvalue weighted by Gasteiger charge is -2.33. The Hall–Kier alpha value is -1.79. The molecular weight excluding hydrogens is 274 g/mol. The van der Waals surface area contributed by atoms with Gasteiger partial charge in [0.25, 0.3) is 0 Å². The summed E-state index contributed by atoms with van der Waals surface area (Å²) >= 11 is 0. The van der Waals surface area contributed by atoms with Gasteiger partial charge >= 0.3 is 12.0 Å². The number of carboxylic acid groups (broad SMARTS) is 1. The number of amides is 3. The maximum Gasteiger partial charge on any atom is 0.323 e. The summed E-state index contributed by atoms with van der Waals surface area (Å²) in [5.74, 6) is -1.24. The topological polar surface area (TPSA) is 81.2 Å². The van der Waals surface area contributed by atoms with Crippen LogP contribution in [0.4, 0.5) is 4.79 Å². The van der Waals surface area contributed by atoms with Crippen LogP contribution >= 0.6 is 0 Å². The minimum atomic E-state index is -1.06. The first-order valence-corrected chi connectivity index (χ1v) is 7.22. The van der Waals surface area contributed by atoms with Crippen molar-refractivity contribution in [1.29, 1.82) is 0 Å². The van der Waals surface area contributed by atoms with E-state index in [-0.39, 0.29) is 25.0 Å². The number of aliphatic carboxylic acids is 1. The van der Waals surface area contributed by atoms with Gasteiger partial charge in [-0.05, 0) is 19.8 Å². The van der Waals surface area contributed by atoms with Gasteiger partial charge in [-0.1, -0.05) is 13.8 Å². The Morgan fingerprint density at radius 3 is 2.05 bits per heavy atom. The summed E-state index contributed by atoms with van der Waals surface area (Å²) in [6.07, 6.45) is 1.36. The fourth-order valence-corrected chi connectivity index (χ4v) is 1.78. The maximum atomic E-state index is 12.5. The molecule has 0 saturated heterocycles. The van der Waals surface area contributed by atoms with Crippen LogP contribution in [-0.4, -0.2) is 77.5 Å². The first-order chi connectivity index (χ1) is 9.74. The highest BCUT2D eigenvalue weighted by Gasteiger charge is 2.27. The summed E-state index contributed by atoms with van der Waals surface area (Å²) in [5, 5.41) is 8.97. The van der Waals surface area contributed by atoms with Crippen molar-refractivity contribution < 1.29 is 19.5 Å². The Kier molecular flexibility index (Phi) is 8.42. The van der Waals surface area contributed by atoms with Crippen LogP contribution in [0.5, 0.6) is 0 Å². The second-order valence-electron chi connectivity index (χ2n) is 5.27. The zero-order valence-electron chi connectivity index (χ0n) is 13.6. The molecule has 0 spiro atoms. The van der Waals surface area contributed by atoms with E-state index in [0.29, 0.717) is 19.4 Å². The van der Waals surface area contributed by atoms with Crippen molar-refractivity contribution in [2.24, 2.45) is 0 Å². The van der Waals surface area contributed by atoms with E-state index in [0.717, 1.165) is 0 Å². The van der Waals surface area contributed by atoms with E-state index >= 15 is 0 Å². The lowest BCUT2D eigenvalue weighted by molar-refractivity contribution is -0.138. The lowest BCUT2D eigenvalue weighted by atomic mass is 10.2. The predicted octanol–water partition coefficient (Wildman–Crippen LogP) is 1.09. The van der Waals surface area contributed by atoms with Gasteiger partial charge in [0.15, 0.2) is 0 Å². The minimum absolute atomic E-state index is 0.0355. The molecule has 7 nitrogen and oxygen atoms in total. The molecule has 0 aliphatic heterocycles. The summed E-state index contributed by atoms with van der Waals surface area (Å²) in [5.41, 5.74) is 0. The Bertz CT molecular complexity index is 371. The van der Waals surface area contributed by atoms with Gasteiger partial charge in [-0.15, -0.1) is 0 Å². The highest BCUT2D eigenvalue weighted by Crippen LogP contribution is 2.09. The molecule has 1 unspecified atom stereocenters. The average Bonchev–Trinajstić information content (AvgIpc) is 2.42. The highest BCUT2D eigenvalue weighted by atomic mass is 16.4. The third-order valence-electron chi connectivity index (χ3n) is 3.26. The highest BCUT2D eigenvalue weighted by molar-refractivity contribution is 5.85. The molecule has 21 heavy (non-hydrogen) atoms. The number of nitrogens with zero attached hydrogens (tertiary/aromatic N) is 3. The molecule has 0 saturated carbocycles. The molecule has 0 heterocycles. The quantitative estimate of drug-likeness (QED) is 0.727. The van der Waals surface area contributed by atoms with Crippen LogP contribution < -0.4 is 0 Å². The molecule has 0 rings (SSSR count). The summed E-state index contributed by atoms with van der Waals surface area (Å²) in [4.78, 5) is 39.5. The van der Waals surface area contributed by atoms with Crippen LogP contribution in [0.3, 0.4) is 0 Å². The number of hydrogen-bond acceptors (Lipinski definition) is 3. The van der Waals surface area contributed by atoms with Gasteiger partial charge in [0.05, 0.1) is 0 Å². The Balaban J connectivity index is 5.10. The molecule has 0 aliphatic rings. The Morgan fingerprint density at radius 2 is 1.67 bits per heavy atom. The van der Waals surface area contributed by atoms with Crippen LogP contribution in [0.15, 0.2) is 0 Å². The summed E-state index contributed by atoms with van der Waals surface area (Å²) in [6, 6.07) is -0.591. The van der Waals surface area contributed by atoms with Crippen molar-refractivity contribution >= 4 is 17.9 Å². The first-order valence-electron chi connectivity index (χ1n) is 7.22. The molecule has 0 aromatic carbocycles. The van der Waals surface area contributed by atoms with Crippen molar-refractivity contribution in [1.82, 2.24) is 14.7 Å². The molecule has 7 heteroatoms. The van der Waals surface area contributed by atoms with Crippen molar-refractivity contribution in [2.45, 2.75) is 39.7 Å². The number of likely N-dealkylation sites (N-methyl/N-ethyl adjacent to an activating group) is 1. The van der Waals surface area contributed by atoms with Crippen LogP contribution in [-0.2, 0) is 9.59 Å². The number of carbonyl (C=O) groups excluding carboxylic acids is 2. The van der Waals surface area contributed by atoms with Gasteiger partial charge in [-0.3, -0.25) is 9.59 Å². The van der Waals surface area contributed by atoms with E-state index in [2.05, 4.69) is 0 Å². The van der Waals surface area contributed by atoms with E-state index in [1.807, 2.05) is 13.8 Å². The normalized spacial score (nSPS) is 11.7. The van der Waals surface area contributed by atoms with Crippen molar-refractivity contribution in [2.75, 3.05) is 33.7 Å². The number of carboxylic acids is 1. The summed E-state index contributed by atoms with van der Waals surface area (Å²) < 4.78 is 0. The third-order valence-corrected chi connectivity index (χ3v) is 3.26. The monoisotopic (exact) mass is 301 g/mol. The summed E-state index contributed by atoms with van der Waals surface area (Å²) in [6.45, 7) is 5.63. The van der Waals surface area contributed by atoms with E-state index in [9.17, 15) is 14.4 Å². The second kappa shape index (κ2) is 9.20. The summed E-state index contributed by atoms with van der Waals surface area (Å²) in [7, 11) is 3.25. The third kappa shape index (κ3) is 6.46. The SMILES string of the molecule is CCCN(CC(=O)N(C)C)C(=O)N(CC(=O)O)C(C)CC. The fourth-order valence-electron chi connectivity index (χ4n) is 1.78. The van der Waals surface area contributed by atoms with E-state index in [4.69, 9.17) is 5.11 Å². The number of hydrogen-bond donors (Lipinski definition) is 1. The number of urea groups is 1. The maximum absolute atomic E-state index is 12.5. The van der Waals surface area contributed by atoms with Gasteiger partial charge in [0, 0.05) is 26.7 Å². The van der Waals surface area contributed by atoms with Crippen molar-refractivity contribution in [3.05, 3.63) is 0 Å². The largest absolute Gasteiger partial charge is 0.480 e. The zero-order valence-corrected chi connectivity index (χ0v) is 13.6. The molecule has 0 aliphatic carbocycles. The van der Waals surface area contributed by atoms with Crippen molar-refractivity contribution in [3.8, 4) is 0 Å². The van der Waals surface area contributed by atoms with Gasteiger partial charge < -0.3 is 19.8 Å². The Morgan fingerprint density at radius 1 is 1.10 bits per heavy atom. The molecule has 0 fully saturated rings. The molecule has 1 atom stereocenters. The van der Waals surface area contributed by atoms with E-state index in [1.54, 1.807) is 21.0 Å². The molecule has 0 aromatic heterocycles. The smallest absolute Gasteiger partial charge is 0.323 e. The van der Waals surface area contributed by atoms with Crippen LogP contribution in [0.1, 0.15) is 33.6 Å². The first kappa shape index (κ1) is 19.2. The standard InChI is InChI=1S/C14H27N3O4/c1-6-8-16(9-12(18)15(4)5)14(21)17(10-13(19)20)11(3)7-2/h11H,6-10H2,1-5H3,(H,19,20). The van der Waals surface area contributed by atoms with Crippen LogP contribution in [0.2, 0.25) is 0 Å². The van der Waals surface area contributed by atoms with Crippen LogP contribution in [0, 0.1) is 0 Å². The molecule has 122 valence electrons. The van der Waals surface area contributed by atoms with E-state index < -0.39 is 12.0 Å². The van der Waals surface area contributed by atoms with Gasteiger partial charge in [0.1, 0.15) is 13.1 Å².